The van der Waals surface area contributed by atoms with E-state index < -0.39 is 0 Å². The number of thiazole rings is 1. The minimum absolute atomic E-state index is 0.0503. The molecule has 0 aliphatic rings. The van der Waals surface area contributed by atoms with Crippen molar-refractivity contribution in [1.29, 1.82) is 0 Å². The molecule has 130 valence electrons. The minimum Gasteiger partial charge on any atom is -0.400 e. The van der Waals surface area contributed by atoms with Gasteiger partial charge in [-0.2, -0.15) is 0 Å². The van der Waals surface area contributed by atoms with Crippen LogP contribution in [-0.4, -0.2) is 21.8 Å². The van der Waals surface area contributed by atoms with Gasteiger partial charge < -0.3 is 15.8 Å². The van der Waals surface area contributed by atoms with Crippen LogP contribution in [0.5, 0.6) is 0 Å². The van der Waals surface area contributed by atoms with Gasteiger partial charge in [0.1, 0.15) is 6.20 Å². The summed E-state index contributed by atoms with van der Waals surface area (Å²) in [6.45, 7) is 1.87. The van der Waals surface area contributed by atoms with Gasteiger partial charge in [-0.15, -0.1) is 4.68 Å². The SMILES string of the molecule is CC(c1ccc2[nH]c(=O)sc2c1)c1cc[n+](C(N)=CC=C(N)CO)[nH]1. The summed E-state index contributed by atoms with van der Waals surface area (Å²) in [5, 5.41) is 12.1. The van der Waals surface area contributed by atoms with Gasteiger partial charge in [0.05, 0.1) is 22.5 Å². The summed E-state index contributed by atoms with van der Waals surface area (Å²) in [6.07, 6.45) is 5.02. The Morgan fingerprint density at radius 3 is 2.92 bits per heavy atom. The summed E-state index contributed by atoms with van der Waals surface area (Å²) in [6, 6.07) is 7.91. The van der Waals surface area contributed by atoms with E-state index in [9.17, 15) is 4.79 Å². The molecule has 7 N–H and O–H groups in total. The third-order valence-electron chi connectivity index (χ3n) is 3.99. The highest BCUT2D eigenvalue weighted by Crippen LogP contribution is 2.26. The Hall–Kier alpha value is -2.84. The number of allylic oxidation sites excluding steroid dienone is 2. The Labute approximate surface area is 147 Å². The van der Waals surface area contributed by atoms with Crippen molar-refractivity contribution < 1.29 is 9.79 Å². The molecule has 1 atom stereocenters. The largest absolute Gasteiger partial charge is 0.400 e. The van der Waals surface area contributed by atoms with Crippen molar-refractivity contribution in [3.63, 3.8) is 0 Å². The molecule has 3 rings (SSSR count). The highest BCUT2D eigenvalue weighted by Gasteiger charge is 2.15. The number of H-pyrrole nitrogens is 2. The van der Waals surface area contributed by atoms with Crippen molar-refractivity contribution >= 4 is 27.4 Å². The average molecular weight is 358 g/mol. The highest BCUT2D eigenvalue weighted by atomic mass is 32.1. The molecule has 0 fully saturated rings. The molecule has 2 heterocycles. The Morgan fingerprint density at radius 1 is 1.36 bits per heavy atom. The third-order valence-corrected chi connectivity index (χ3v) is 4.84. The fourth-order valence-corrected chi connectivity index (χ4v) is 3.28. The molecule has 8 heteroatoms. The lowest BCUT2D eigenvalue weighted by Crippen LogP contribution is -2.38. The third kappa shape index (κ3) is 3.65. The summed E-state index contributed by atoms with van der Waals surface area (Å²) >= 11 is 1.21. The van der Waals surface area contributed by atoms with Crippen molar-refractivity contribution in [2.24, 2.45) is 11.5 Å². The standard InChI is InChI=1S/C17H19N5O2S/c1-10(11-2-4-14-15(8-11)25-17(24)20-14)13-6-7-22(21-13)16(19)5-3-12(18)9-23/h2-8,10,23H,9,18-19H2,1H3,(H,20,24)/p+1. The van der Waals surface area contributed by atoms with Gasteiger partial charge in [0.15, 0.2) is 0 Å². The zero-order chi connectivity index (χ0) is 18.0. The molecule has 2 aromatic heterocycles. The predicted octanol–water partition coefficient (Wildman–Crippen LogP) is 0.949. The second-order valence-electron chi connectivity index (χ2n) is 5.74. The second-order valence-corrected chi connectivity index (χ2v) is 6.75. The molecule has 25 heavy (non-hydrogen) atoms. The van der Waals surface area contributed by atoms with Crippen LogP contribution in [0.2, 0.25) is 0 Å². The summed E-state index contributed by atoms with van der Waals surface area (Å²) in [5.41, 5.74) is 14.8. The molecule has 0 radical (unpaired) electrons. The minimum atomic E-state index is -0.213. The summed E-state index contributed by atoms with van der Waals surface area (Å²) in [5.74, 6) is 0.558. The summed E-state index contributed by atoms with van der Waals surface area (Å²) in [4.78, 5) is 14.2. The highest BCUT2D eigenvalue weighted by molar-refractivity contribution is 7.16. The van der Waals surface area contributed by atoms with Gasteiger partial charge in [0.25, 0.3) is 5.82 Å². The van der Waals surface area contributed by atoms with Crippen LogP contribution in [0.25, 0.3) is 16.0 Å². The molecule has 7 nitrogen and oxygen atoms in total. The number of fused-ring (bicyclic) bond motifs is 1. The smallest absolute Gasteiger partial charge is 0.305 e. The Kier molecular flexibility index (Phi) is 4.73. The lowest BCUT2D eigenvalue weighted by Gasteiger charge is -2.09. The number of nitrogens with zero attached hydrogens (tertiary/aromatic N) is 1. The molecular formula is C17H20N5O2S+. The number of aliphatic hydroxyl groups excluding tert-OH is 1. The van der Waals surface area contributed by atoms with Gasteiger partial charge in [-0.1, -0.05) is 24.3 Å². The predicted molar refractivity (Wildman–Crippen MR) is 98.8 cm³/mol. The number of aromatic nitrogens is 3. The van der Waals surface area contributed by atoms with Crippen LogP contribution < -0.4 is 21.0 Å². The van der Waals surface area contributed by atoms with Crippen molar-refractivity contribution in [3.05, 3.63) is 69.2 Å². The molecule has 0 saturated heterocycles. The monoisotopic (exact) mass is 358 g/mol. The first-order valence-corrected chi connectivity index (χ1v) is 8.56. The molecule has 0 saturated carbocycles. The van der Waals surface area contributed by atoms with Gasteiger partial charge in [-0.05, 0) is 23.8 Å². The number of nitrogens with one attached hydrogen (secondary N) is 2. The van der Waals surface area contributed by atoms with E-state index in [4.69, 9.17) is 16.6 Å². The Bertz CT molecular complexity index is 1010. The molecule has 0 amide bonds. The van der Waals surface area contributed by atoms with Crippen LogP contribution in [-0.2, 0) is 0 Å². The maximum absolute atomic E-state index is 11.5. The molecular weight excluding hydrogens is 338 g/mol. The number of aromatic amines is 2. The van der Waals surface area contributed by atoms with Gasteiger partial charge in [0, 0.05) is 23.8 Å². The molecule has 0 aliphatic carbocycles. The van der Waals surface area contributed by atoms with E-state index >= 15 is 0 Å². The molecule has 1 unspecified atom stereocenters. The van der Waals surface area contributed by atoms with Crippen molar-refractivity contribution in [3.8, 4) is 0 Å². The van der Waals surface area contributed by atoms with E-state index in [-0.39, 0.29) is 17.4 Å². The van der Waals surface area contributed by atoms with E-state index in [1.807, 2.05) is 30.5 Å². The van der Waals surface area contributed by atoms with Crippen LogP contribution in [0.4, 0.5) is 0 Å². The topological polar surface area (TPSA) is 125 Å². The fraction of sp³-hybridized carbons (Fsp3) is 0.176. The van der Waals surface area contributed by atoms with Crippen molar-refractivity contribution in [2.45, 2.75) is 12.8 Å². The number of aliphatic hydroxyl groups is 1. The first-order chi connectivity index (χ1) is 12.0. The maximum atomic E-state index is 11.5. The first-order valence-electron chi connectivity index (χ1n) is 7.74. The maximum Gasteiger partial charge on any atom is 0.305 e. The Morgan fingerprint density at radius 2 is 2.16 bits per heavy atom. The zero-order valence-electron chi connectivity index (χ0n) is 13.7. The van der Waals surface area contributed by atoms with Gasteiger partial charge in [0.2, 0.25) is 0 Å². The number of benzene rings is 1. The first kappa shape index (κ1) is 17.0. The normalized spacial score (nSPS) is 14.2. The average Bonchev–Trinajstić information content (AvgIpc) is 3.23. The quantitative estimate of drug-likeness (QED) is 0.344. The van der Waals surface area contributed by atoms with E-state index in [2.05, 4.69) is 17.0 Å². The fourth-order valence-electron chi connectivity index (χ4n) is 2.50. The van der Waals surface area contributed by atoms with Crippen molar-refractivity contribution in [1.82, 2.24) is 10.1 Å². The molecule has 0 spiro atoms. The molecule has 0 bridgehead atoms. The number of nitrogens with two attached hydrogens (primary N) is 2. The number of rotatable bonds is 5. The Balaban J connectivity index is 1.86. The van der Waals surface area contributed by atoms with E-state index in [1.54, 1.807) is 16.8 Å². The second kappa shape index (κ2) is 6.96. The van der Waals surface area contributed by atoms with Crippen molar-refractivity contribution in [2.75, 3.05) is 6.61 Å². The van der Waals surface area contributed by atoms with Crippen LogP contribution in [0.3, 0.4) is 0 Å². The lowest BCUT2D eigenvalue weighted by molar-refractivity contribution is -0.643. The lowest BCUT2D eigenvalue weighted by atomic mass is 9.98. The number of hydrogen-bond donors (Lipinski definition) is 5. The van der Waals surface area contributed by atoms with Gasteiger partial charge in [-0.3, -0.25) is 10.5 Å². The van der Waals surface area contributed by atoms with Crippen LogP contribution in [0, 0.1) is 0 Å². The number of hydrogen-bond acceptors (Lipinski definition) is 5. The van der Waals surface area contributed by atoms with Crippen LogP contribution in [0.1, 0.15) is 24.1 Å². The van der Waals surface area contributed by atoms with E-state index in [0.717, 1.165) is 21.5 Å². The van der Waals surface area contributed by atoms with Crippen LogP contribution in [0.15, 0.2) is 53.1 Å². The summed E-state index contributed by atoms with van der Waals surface area (Å²) in [7, 11) is 0. The molecule has 1 aromatic carbocycles. The van der Waals surface area contributed by atoms with E-state index in [1.165, 1.54) is 11.3 Å². The van der Waals surface area contributed by atoms with Gasteiger partial charge in [-0.25, -0.2) is 5.10 Å². The molecule has 3 aromatic rings. The molecule has 0 aliphatic heterocycles. The van der Waals surface area contributed by atoms with Gasteiger partial charge >= 0.3 is 4.87 Å². The van der Waals surface area contributed by atoms with E-state index in [0.29, 0.717) is 11.5 Å². The van der Waals surface area contributed by atoms with Crippen LogP contribution >= 0.6 is 11.3 Å². The summed E-state index contributed by atoms with van der Waals surface area (Å²) < 4.78 is 2.62. The zero-order valence-corrected chi connectivity index (χ0v) is 14.5.